The number of ether oxygens (including phenoxy) is 1. The van der Waals surface area contributed by atoms with Crippen LogP contribution in [-0.2, 0) is 27.4 Å². The van der Waals surface area contributed by atoms with Gasteiger partial charge in [-0.3, -0.25) is 4.98 Å². The van der Waals surface area contributed by atoms with Gasteiger partial charge < -0.3 is 9.16 Å². The van der Waals surface area contributed by atoms with Gasteiger partial charge in [0.05, 0.1) is 23.0 Å². The molecule has 2 aromatic rings. The molecule has 0 unspecified atom stereocenters. The van der Waals surface area contributed by atoms with E-state index in [1.165, 1.54) is 35.4 Å². The molecule has 2 saturated carbocycles. The second-order valence-corrected chi connectivity index (χ2v) is 20.3. The van der Waals surface area contributed by atoms with Crippen LogP contribution in [0.15, 0.2) is 24.3 Å². The molecule has 4 aliphatic rings. The summed E-state index contributed by atoms with van der Waals surface area (Å²) in [7, 11) is -2.12. The zero-order valence-electron chi connectivity index (χ0n) is 25.8. The van der Waals surface area contributed by atoms with E-state index in [1.54, 1.807) is 12.1 Å². The maximum atomic E-state index is 13.5. The van der Waals surface area contributed by atoms with Crippen LogP contribution >= 0.6 is 0 Å². The molecular formula is C34H46F3NO2Si. The van der Waals surface area contributed by atoms with Crippen LogP contribution in [0.2, 0.25) is 18.1 Å². The number of hydrogen-bond donors (Lipinski definition) is 0. The summed E-state index contributed by atoms with van der Waals surface area (Å²) in [6, 6.07) is 5.67. The zero-order valence-corrected chi connectivity index (χ0v) is 26.8. The maximum Gasteiger partial charge on any atom is 0.416 e. The van der Waals surface area contributed by atoms with Gasteiger partial charge in [-0.1, -0.05) is 66.0 Å². The highest BCUT2D eigenvalue weighted by Crippen LogP contribution is 2.61. The number of benzene rings is 1. The summed E-state index contributed by atoms with van der Waals surface area (Å²) in [5, 5.41) is 0.0710. The summed E-state index contributed by atoms with van der Waals surface area (Å²) in [5.74, 6) is 0.385. The third kappa shape index (κ3) is 5.02. The van der Waals surface area contributed by atoms with Gasteiger partial charge in [-0.05, 0) is 85.3 Å². The van der Waals surface area contributed by atoms with Gasteiger partial charge in [-0.25, -0.2) is 0 Å². The quantitative estimate of drug-likeness (QED) is 0.335. The summed E-state index contributed by atoms with van der Waals surface area (Å²) in [6.45, 7) is 16.2. The van der Waals surface area contributed by atoms with Crippen molar-refractivity contribution in [3.63, 3.8) is 0 Å². The summed E-state index contributed by atoms with van der Waals surface area (Å²) in [4.78, 5) is 5.51. The van der Waals surface area contributed by atoms with Crippen molar-refractivity contribution in [3.05, 3.63) is 63.5 Å². The standard InChI is InChI=1S/C34H46F3NO2Si/c1-31(2,3)41(6,7)40-25-20-32(4,5)19-24-26(25)28-27(29(38-24)21-11-10-12-21)30(39-33(28)17-8-9-18-33)22-13-15-23(16-14-22)34(35,36)37/h13-16,21,25,30H,8-12,17-20H2,1-7H3/t25-,30+/m0/s1. The largest absolute Gasteiger partial charge is 0.416 e. The molecule has 41 heavy (non-hydrogen) atoms. The molecule has 0 amide bonds. The average Bonchev–Trinajstić information content (AvgIpc) is 3.41. The number of hydrogen-bond acceptors (Lipinski definition) is 3. The van der Waals surface area contributed by atoms with Gasteiger partial charge in [-0.2, -0.15) is 13.2 Å². The third-order valence-electron chi connectivity index (χ3n) is 10.8. The fourth-order valence-corrected chi connectivity index (χ4v) is 8.68. The molecule has 1 aromatic heterocycles. The Balaban J connectivity index is 1.57. The normalized spacial score (nSPS) is 25.7. The van der Waals surface area contributed by atoms with Crippen LogP contribution in [0.1, 0.15) is 143 Å². The molecule has 1 spiro atoms. The lowest BCUT2D eigenvalue weighted by Crippen LogP contribution is -2.44. The van der Waals surface area contributed by atoms with Crippen LogP contribution in [0, 0.1) is 5.41 Å². The molecule has 3 aliphatic carbocycles. The van der Waals surface area contributed by atoms with Crippen molar-refractivity contribution in [3.8, 4) is 0 Å². The second kappa shape index (κ2) is 9.65. The van der Waals surface area contributed by atoms with Crippen LogP contribution < -0.4 is 0 Å². The molecular weight excluding hydrogens is 539 g/mol. The second-order valence-electron chi connectivity index (χ2n) is 15.5. The molecule has 2 atom stereocenters. The lowest BCUT2D eigenvalue weighted by atomic mass is 9.69. The van der Waals surface area contributed by atoms with Crippen molar-refractivity contribution in [2.45, 2.75) is 140 Å². The molecule has 6 rings (SSSR count). The summed E-state index contributed by atoms with van der Waals surface area (Å²) >= 11 is 0. The number of aromatic nitrogens is 1. The minimum Gasteiger partial charge on any atom is -0.410 e. The first-order chi connectivity index (χ1) is 19.0. The van der Waals surface area contributed by atoms with Crippen LogP contribution in [0.25, 0.3) is 0 Å². The van der Waals surface area contributed by atoms with Gasteiger partial charge >= 0.3 is 6.18 Å². The Morgan fingerprint density at radius 1 is 0.951 bits per heavy atom. The molecule has 2 heterocycles. The van der Waals surface area contributed by atoms with E-state index in [4.69, 9.17) is 14.1 Å². The molecule has 7 heteroatoms. The topological polar surface area (TPSA) is 31.4 Å². The lowest BCUT2D eigenvalue weighted by molar-refractivity contribution is -0.137. The Morgan fingerprint density at radius 3 is 2.12 bits per heavy atom. The van der Waals surface area contributed by atoms with Gasteiger partial charge in [0.15, 0.2) is 8.32 Å². The predicted molar refractivity (Wildman–Crippen MR) is 158 cm³/mol. The zero-order chi connectivity index (χ0) is 29.6. The number of pyridine rings is 1. The average molecular weight is 586 g/mol. The minimum absolute atomic E-state index is 0.0567. The highest BCUT2D eigenvalue weighted by atomic mass is 28.4. The first-order valence-electron chi connectivity index (χ1n) is 15.6. The molecule has 1 aromatic carbocycles. The predicted octanol–water partition coefficient (Wildman–Crippen LogP) is 10.3. The number of halogens is 3. The minimum atomic E-state index is -4.36. The first kappa shape index (κ1) is 29.4. The molecule has 0 saturated heterocycles. The van der Waals surface area contributed by atoms with Crippen LogP contribution in [-0.4, -0.2) is 13.3 Å². The van der Waals surface area contributed by atoms with E-state index in [9.17, 15) is 13.2 Å². The van der Waals surface area contributed by atoms with Gasteiger partial charge in [0.1, 0.15) is 6.10 Å². The van der Waals surface area contributed by atoms with Crippen molar-refractivity contribution >= 4 is 8.32 Å². The fourth-order valence-electron chi connectivity index (χ4n) is 7.42. The smallest absolute Gasteiger partial charge is 0.410 e. The van der Waals surface area contributed by atoms with Crippen molar-refractivity contribution < 1.29 is 22.3 Å². The van der Waals surface area contributed by atoms with E-state index >= 15 is 0 Å². The van der Waals surface area contributed by atoms with E-state index in [2.05, 4.69) is 47.7 Å². The molecule has 3 nitrogen and oxygen atoms in total. The van der Waals surface area contributed by atoms with Gasteiger partial charge in [0, 0.05) is 22.7 Å². The molecule has 1 aliphatic heterocycles. The molecule has 2 fully saturated rings. The summed E-state index contributed by atoms with van der Waals surface area (Å²) < 4.78 is 54.8. The third-order valence-corrected chi connectivity index (χ3v) is 15.3. The number of rotatable bonds is 4. The van der Waals surface area contributed by atoms with Gasteiger partial charge in [0.2, 0.25) is 0 Å². The van der Waals surface area contributed by atoms with Crippen molar-refractivity contribution in [1.82, 2.24) is 4.98 Å². The highest BCUT2D eigenvalue weighted by molar-refractivity contribution is 6.74. The number of fused-ring (bicyclic) bond motifs is 4. The maximum absolute atomic E-state index is 13.5. The Hall–Kier alpha value is -1.70. The van der Waals surface area contributed by atoms with Crippen LogP contribution in [0.5, 0.6) is 0 Å². The Bertz CT molecular complexity index is 1320. The van der Waals surface area contributed by atoms with Crippen molar-refractivity contribution in [2.75, 3.05) is 0 Å². The summed E-state index contributed by atoms with van der Waals surface area (Å²) in [5.41, 5.74) is 5.83. The Labute approximate surface area is 244 Å². The van der Waals surface area contributed by atoms with E-state index in [0.717, 1.165) is 68.2 Å². The molecule has 0 N–H and O–H groups in total. The van der Waals surface area contributed by atoms with Gasteiger partial charge in [-0.15, -0.1) is 0 Å². The van der Waals surface area contributed by atoms with Crippen molar-refractivity contribution in [1.29, 1.82) is 0 Å². The van der Waals surface area contributed by atoms with Crippen molar-refractivity contribution in [2.24, 2.45) is 5.41 Å². The first-order valence-corrected chi connectivity index (χ1v) is 18.5. The molecule has 0 bridgehead atoms. The highest BCUT2D eigenvalue weighted by Gasteiger charge is 2.54. The molecule has 0 radical (unpaired) electrons. The number of nitrogens with zero attached hydrogens (tertiary/aromatic N) is 1. The number of alkyl halides is 3. The van der Waals surface area contributed by atoms with Gasteiger partial charge in [0.25, 0.3) is 0 Å². The van der Waals surface area contributed by atoms with Crippen LogP contribution in [0.4, 0.5) is 13.2 Å². The van der Waals surface area contributed by atoms with Crippen LogP contribution in [0.3, 0.4) is 0 Å². The van der Waals surface area contributed by atoms with E-state index in [-0.39, 0.29) is 16.6 Å². The lowest BCUT2D eigenvalue weighted by Gasteiger charge is -2.45. The van der Waals surface area contributed by atoms with E-state index < -0.39 is 31.8 Å². The monoisotopic (exact) mass is 585 g/mol. The Kier molecular flexibility index (Phi) is 6.91. The van der Waals surface area contributed by atoms with E-state index in [0.29, 0.717) is 5.92 Å². The van der Waals surface area contributed by atoms with E-state index in [1.807, 2.05) is 0 Å². The molecule has 224 valence electrons. The summed E-state index contributed by atoms with van der Waals surface area (Å²) in [6.07, 6.45) is 4.50. The fraction of sp³-hybridized carbons (Fsp3) is 0.676. The SMILES string of the molecule is CC1(C)Cc2nc(C3CCC3)c3c(c2[C@@H](O[Si](C)(C)C(C)(C)C)C1)C1(CCCC1)O[C@@H]3c1ccc(C(F)(F)F)cc1. The Morgan fingerprint density at radius 2 is 1.59 bits per heavy atom.